The Kier molecular flexibility index (Phi) is 6.61. The number of aromatic nitrogens is 3. The molecule has 8 aromatic rings. The molecular weight excluding hydrogens is 629 g/mol. The van der Waals surface area contributed by atoms with E-state index in [1.165, 1.54) is 10.8 Å². The Balaban J connectivity index is 1.28. The van der Waals surface area contributed by atoms with Crippen LogP contribution in [0.1, 0.15) is 0 Å². The second kappa shape index (κ2) is 11.3. The van der Waals surface area contributed by atoms with Gasteiger partial charge in [0.15, 0.2) is 0 Å². The van der Waals surface area contributed by atoms with Crippen molar-refractivity contribution in [2.24, 2.45) is 9.98 Å². The molecule has 1 aliphatic carbocycles. The van der Waals surface area contributed by atoms with Crippen molar-refractivity contribution in [3.05, 3.63) is 133 Å². The lowest BCUT2D eigenvalue weighted by Gasteiger charge is -2.25. The zero-order chi connectivity index (χ0) is 32.2. The number of hydrogen-bond acceptors (Lipinski definition) is 7. The number of thiocarbonyl (C=S) groups is 2. The van der Waals surface area contributed by atoms with E-state index in [1.54, 1.807) is 0 Å². The summed E-state index contributed by atoms with van der Waals surface area (Å²) in [5.41, 5.74) is 10.0. The number of aliphatic imine (C=N–C) groups is 2. The van der Waals surface area contributed by atoms with E-state index in [4.69, 9.17) is 34.4 Å². The summed E-state index contributed by atoms with van der Waals surface area (Å²) in [4.78, 5) is 20.2. The van der Waals surface area contributed by atoms with E-state index in [0.29, 0.717) is 0 Å². The number of hydrogen-bond donors (Lipinski definition) is 0. The van der Waals surface area contributed by atoms with Crippen LogP contribution >= 0.6 is 24.4 Å². The molecule has 8 heteroatoms. The molecule has 224 valence electrons. The third-order valence-corrected chi connectivity index (χ3v) is 9.06. The number of fused-ring (bicyclic) bond motifs is 6. The molecule has 0 aliphatic heterocycles. The summed E-state index contributed by atoms with van der Waals surface area (Å²) in [5, 5.41) is 9.29. The molecule has 0 unspecified atom stereocenters. The first kappa shape index (κ1) is 28.1. The average molecular weight is 651 g/mol. The minimum Gasteiger partial charge on any atom is -0.310 e. The van der Waals surface area contributed by atoms with Crippen LogP contribution in [0.15, 0.2) is 143 Å². The number of benzene rings is 6. The van der Waals surface area contributed by atoms with Gasteiger partial charge in [-0.05, 0) is 85.1 Å². The van der Waals surface area contributed by atoms with Gasteiger partial charge in [0, 0.05) is 49.7 Å². The van der Waals surface area contributed by atoms with Crippen LogP contribution in [-0.4, -0.2) is 24.9 Å². The predicted octanol–water partition coefficient (Wildman–Crippen LogP) is 11.3. The Hall–Kier alpha value is -6.14. The summed E-state index contributed by atoms with van der Waals surface area (Å²) in [6.45, 7) is 0. The van der Waals surface area contributed by atoms with E-state index in [9.17, 15) is 0 Å². The fraction of sp³-hybridized carbons (Fsp3) is 0. The van der Waals surface area contributed by atoms with Crippen LogP contribution in [0.5, 0.6) is 0 Å². The van der Waals surface area contributed by atoms with Crippen LogP contribution in [0.4, 0.5) is 28.7 Å². The standard InChI is InChI=1S/C40H22N6S2/c47-23-41-39-40(42-24-48)44-38-31-19-21-34(29-15-9-16-30(36(29)31)37(38)43-39)46-33-17-8-7-14-28(33)32-22-27(18-20-35(32)46)45(25-10-3-1-4-11-25)26-12-5-2-6-13-26/h1-22H. The van der Waals surface area contributed by atoms with Crippen molar-refractivity contribution in [1.29, 1.82) is 0 Å². The van der Waals surface area contributed by atoms with Gasteiger partial charge in [-0.2, -0.15) is 9.98 Å². The highest BCUT2D eigenvalue weighted by molar-refractivity contribution is 7.78. The molecule has 0 saturated carbocycles. The van der Waals surface area contributed by atoms with E-state index < -0.39 is 0 Å². The maximum absolute atomic E-state index is 4.87. The number of isothiocyanates is 2. The SMILES string of the molecule is S=C=Nc1nc2c(nc1N=C=S)-c1ccc(-n3c4ccccc4c4cc(N(c5ccccc5)c5ccccc5)ccc43)c3cccc-2c13. The number of nitrogens with zero attached hydrogens (tertiary/aromatic N) is 6. The fourth-order valence-electron chi connectivity index (χ4n) is 6.97. The molecule has 0 radical (unpaired) electrons. The Morgan fingerprint density at radius 3 is 1.77 bits per heavy atom. The van der Waals surface area contributed by atoms with Crippen molar-refractivity contribution in [2.75, 3.05) is 4.90 Å². The highest BCUT2D eigenvalue weighted by atomic mass is 32.1. The van der Waals surface area contributed by atoms with Crippen molar-refractivity contribution >= 4 is 96.0 Å². The number of anilines is 3. The molecule has 1 aliphatic rings. The second-order valence-corrected chi connectivity index (χ2v) is 11.8. The summed E-state index contributed by atoms with van der Waals surface area (Å²) in [6, 6.07) is 46.9. The zero-order valence-corrected chi connectivity index (χ0v) is 26.8. The topological polar surface area (TPSA) is 58.7 Å². The molecule has 2 aromatic heterocycles. The van der Waals surface area contributed by atoms with Crippen LogP contribution in [0.2, 0.25) is 0 Å². The van der Waals surface area contributed by atoms with Crippen LogP contribution in [-0.2, 0) is 0 Å². The van der Waals surface area contributed by atoms with Crippen molar-refractivity contribution in [1.82, 2.24) is 14.5 Å². The van der Waals surface area contributed by atoms with E-state index in [2.05, 4.69) is 151 Å². The van der Waals surface area contributed by atoms with Crippen molar-refractivity contribution in [3.8, 4) is 28.2 Å². The molecule has 2 heterocycles. The second-order valence-electron chi connectivity index (χ2n) is 11.4. The largest absolute Gasteiger partial charge is 0.310 e. The normalized spacial score (nSPS) is 11.3. The molecule has 9 rings (SSSR count). The van der Waals surface area contributed by atoms with Gasteiger partial charge in [0.05, 0.1) is 38.4 Å². The van der Waals surface area contributed by atoms with E-state index in [1.807, 2.05) is 12.1 Å². The van der Waals surface area contributed by atoms with E-state index in [0.717, 1.165) is 67.1 Å². The lowest BCUT2D eigenvalue weighted by molar-refractivity contribution is 1.18. The van der Waals surface area contributed by atoms with Gasteiger partial charge in [-0.1, -0.05) is 72.8 Å². The predicted molar refractivity (Wildman–Crippen MR) is 202 cm³/mol. The van der Waals surface area contributed by atoms with Crippen LogP contribution < -0.4 is 4.90 Å². The first-order valence-corrected chi connectivity index (χ1v) is 16.1. The van der Waals surface area contributed by atoms with Gasteiger partial charge in [0.1, 0.15) is 0 Å². The summed E-state index contributed by atoms with van der Waals surface area (Å²) in [6.07, 6.45) is 0. The van der Waals surface area contributed by atoms with Gasteiger partial charge in [0.25, 0.3) is 0 Å². The molecule has 0 amide bonds. The van der Waals surface area contributed by atoms with Gasteiger partial charge < -0.3 is 9.47 Å². The number of rotatable bonds is 6. The highest BCUT2D eigenvalue weighted by Gasteiger charge is 2.28. The van der Waals surface area contributed by atoms with Crippen molar-refractivity contribution < 1.29 is 0 Å². The van der Waals surface area contributed by atoms with Gasteiger partial charge in [-0.3, -0.25) is 0 Å². The van der Waals surface area contributed by atoms with Gasteiger partial charge >= 0.3 is 0 Å². The maximum Gasteiger partial charge on any atom is 0.209 e. The summed E-state index contributed by atoms with van der Waals surface area (Å²) < 4.78 is 2.36. The Labute approximate surface area is 286 Å². The van der Waals surface area contributed by atoms with E-state index >= 15 is 0 Å². The van der Waals surface area contributed by atoms with Gasteiger partial charge in [-0.15, -0.1) is 0 Å². The Morgan fingerprint density at radius 2 is 1.10 bits per heavy atom. The molecule has 0 fully saturated rings. The lowest BCUT2D eigenvalue weighted by atomic mass is 10.0. The summed E-state index contributed by atoms with van der Waals surface area (Å²) in [5.74, 6) is 0.536. The third-order valence-electron chi connectivity index (χ3n) is 8.87. The molecular formula is C40H22N6S2. The third kappa shape index (κ3) is 4.26. The van der Waals surface area contributed by atoms with E-state index in [-0.39, 0.29) is 11.6 Å². The quantitative estimate of drug-likeness (QED) is 0.132. The minimum absolute atomic E-state index is 0.268. The fourth-order valence-corrected chi connectivity index (χ4v) is 7.14. The molecule has 0 bridgehead atoms. The monoisotopic (exact) mass is 650 g/mol. The highest BCUT2D eigenvalue weighted by Crippen LogP contribution is 2.49. The molecule has 0 N–H and O–H groups in total. The Morgan fingerprint density at radius 1 is 0.521 bits per heavy atom. The first-order valence-electron chi connectivity index (χ1n) is 15.3. The summed E-state index contributed by atoms with van der Waals surface area (Å²) >= 11 is 9.75. The molecule has 0 saturated heterocycles. The van der Waals surface area contributed by atoms with Crippen LogP contribution in [0.25, 0.3) is 60.8 Å². The average Bonchev–Trinajstić information content (AvgIpc) is 3.63. The van der Waals surface area contributed by atoms with Crippen LogP contribution in [0.3, 0.4) is 0 Å². The molecule has 6 nitrogen and oxygen atoms in total. The van der Waals surface area contributed by atoms with Crippen molar-refractivity contribution in [3.63, 3.8) is 0 Å². The molecule has 0 atom stereocenters. The minimum atomic E-state index is 0.268. The van der Waals surface area contributed by atoms with Crippen molar-refractivity contribution in [2.45, 2.75) is 0 Å². The lowest BCUT2D eigenvalue weighted by Crippen LogP contribution is -2.09. The summed E-state index contributed by atoms with van der Waals surface area (Å²) in [7, 11) is 0. The van der Waals surface area contributed by atoms with Gasteiger partial charge in [0.2, 0.25) is 11.6 Å². The maximum atomic E-state index is 4.87. The molecule has 0 spiro atoms. The Bertz CT molecular complexity index is 2600. The smallest absolute Gasteiger partial charge is 0.209 e. The van der Waals surface area contributed by atoms with Gasteiger partial charge in [-0.25, -0.2) is 9.97 Å². The molecule has 48 heavy (non-hydrogen) atoms. The van der Waals surface area contributed by atoms with Crippen LogP contribution in [0, 0.1) is 0 Å². The zero-order valence-electron chi connectivity index (χ0n) is 25.2. The number of para-hydroxylation sites is 3. The first-order chi connectivity index (χ1) is 23.7. The molecule has 6 aromatic carbocycles.